The van der Waals surface area contributed by atoms with Gasteiger partial charge >= 0.3 is 0 Å². The van der Waals surface area contributed by atoms with Gasteiger partial charge < -0.3 is 15.2 Å². The normalized spacial score (nSPS) is 14.6. The number of ether oxygens (including phenoxy) is 1. The molecule has 33 heavy (non-hydrogen) atoms. The van der Waals surface area contributed by atoms with Crippen molar-refractivity contribution in [2.24, 2.45) is 0 Å². The first kappa shape index (κ1) is 21.2. The molecule has 170 valence electrons. The fourth-order valence-corrected chi connectivity index (χ4v) is 3.76. The highest BCUT2D eigenvalue weighted by Gasteiger charge is 2.13. The van der Waals surface area contributed by atoms with Crippen LogP contribution in [0.25, 0.3) is 16.9 Å². The van der Waals surface area contributed by atoms with Crippen molar-refractivity contribution < 1.29 is 18.6 Å². The molecule has 0 saturated carbocycles. The number of phenolic OH excluding ortho intramolecular Hbond substituents is 1. The predicted octanol–water partition coefficient (Wildman–Crippen LogP) is 3.42. The zero-order valence-corrected chi connectivity index (χ0v) is 17.7. The molecule has 1 fully saturated rings. The van der Waals surface area contributed by atoms with E-state index in [9.17, 15) is 13.9 Å². The van der Waals surface area contributed by atoms with Crippen LogP contribution in [0.5, 0.6) is 5.75 Å². The third kappa shape index (κ3) is 4.62. The quantitative estimate of drug-likeness (QED) is 0.434. The molecule has 0 spiro atoms. The summed E-state index contributed by atoms with van der Waals surface area (Å²) in [5.74, 6) is -3.02. The number of phenols is 1. The molecular weight excluding hydrogens is 430 g/mol. The summed E-state index contributed by atoms with van der Waals surface area (Å²) < 4.78 is 34.5. The van der Waals surface area contributed by atoms with Crippen LogP contribution < -0.4 is 5.32 Å². The molecule has 1 saturated heterocycles. The second kappa shape index (κ2) is 9.08. The van der Waals surface area contributed by atoms with Crippen LogP contribution in [0.15, 0.2) is 48.9 Å². The molecule has 1 aliphatic rings. The highest BCUT2D eigenvalue weighted by Crippen LogP contribution is 2.26. The van der Waals surface area contributed by atoms with E-state index in [-0.39, 0.29) is 11.6 Å². The summed E-state index contributed by atoms with van der Waals surface area (Å²) in [6.07, 6.45) is 4.15. The smallest absolute Gasteiger partial charge is 0.229 e. The minimum atomic E-state index is -1.07. The Morgan fingerprint density at radius 3 is 2.48 bits per heavy atom. The van der Waals surface area contributed by atoms with Gasteiger partial charge in [-0.15, -0.1) is 0 Å². The molecule has 0 amide bonds. The van der Waals surface area contributed by atoms with Crippen molar-refractivity contribution in [2.75, 3.05) is 38.2 Å². The Bertz CT molecular complexity index is 1250. The Labute approximate surface area is 188 Å². The number of morpholine rings is 1. The molecule has 8 nitrogen and oxygen atoms in total. The Balaban J connectivity index is 1.34. The third-order valence-corrected chi connectivity index (χ3v) is 5.60. The molecule has 0 atom stereocenters. The van der Waals surface area contributed by atoms with E-state index in [1.165, 1.54) is 11.8 Å². The number of imidazole rings is 1. The number of anilines is 2. The summed E-state index contributed by atoms with van der Waals surface area (Å²) in [6, 6.07) is 10.1. The summed E-state index contributed by atoms with van der Waals surface area (Å²) >= 11 is 0. The lowest BCUT2D eigenvalue weighted by atomic mass is 10.1. The minimum absolute atomic E-state index is 0.0813. The fourth-order valence-electron chi connectivity index (χ4n) is 3.76. The molecule has 2 N–H and O–H groups in total. The van der Waals surface area contributed by atoms with Gasteiger partial charge in [0.1, 0.15) is 11.8 Å². The molecule has 10 heteroatoms. The Kier molecular flexibility index (Phi) is 5.84. The van der Waals surface area contributed by atoms with Gasteiger partial charge in [-0.3, -0.25) is 9.47 Å². The number of rotatable bonds is 6. The average molecular weight is 452 g/mol. The number of hydrogen-bond donors (Lipinski definition) is 2. The van der Waals surface area contributed by atoms with Gasteiger partial charge in [0.2, 0.25) is 5.95 Å². The van der Waals surface area contributed by atoms with Crippen molar-refractivity contribution in [3.63, 3.8) is 0 Å². The number of fused-ring (bicyclic) bond motifs is 1. The van der Waals surface area contributed by atoms with E-state index in [1.807, 2.05) is 16.7 Å². The maximum atomic E-state index is 13.6. The van der Waals surface area contributed by atoms with E-state index in [0.717, 1.165) is 57.1 Å². The lowest BCUT2D eigenvalue weighted by Crippen LogP contribution is -2.37. The minimum Gasteiger partial charge on any atom is -0.503 e. The van der Waals surface area contributed by atoms with Crippen molar-refractivity contribution in [1.82, 2.24) is 24.4 Å². The van der Waals surface area contributed by atoms with Gasteiger partial charge in [0.05, 0.1) is 19.4 Å². The SMILES string of the molecule is Oc1c(F)cc(Nc2ncc3ncn(-c4ccc(CCN5CCOCC5)cc4)c3n2)cc1F. The molecule has 2 aromatic heterocycles. The summed E-state index contributed by atoms with van der Waals surface area (Å²) in [5.41, 5.74) is 3.34. The molecule has 5 rings (SSSR count). The van der Waals surface area contributed by atoms with Crippen molar-refractivity contribution in [1.29, 1.82) is 0 Å². The fraction of sp³-hybridized carbons (Fsp3) is 0.261. The first-order valence-electron chi connectivity index (χ1n) is 10.6. The van der Waals surface area contributed by atoms with Crippen LogP contribution in [-0.4, -0.2) is 62.4 Å². The second-order valence-corrected chi connectivity index (χ2v) is 7.80. The van der Waals surface area contributed by atoms with Gasteiger partial charge in [0, 0.05) is 43.1 Å². The van der Waals surface area contributed by atoms with Crippen LogP contribution in [-0.2, 0) is 11.2 Å². The molecule has 3 heterocycles. The van der Waals surface area contributed by atoms with Crippen molar-refractivity contribution in [3.05, 3.63) is 66.1 Å². The van der Waals surface area contributed by atoms with Gasteiger partial charge in [0.15, 0.2) is 23.0 Å². The maximum Gasteiger partial charge on any atom is 0.229 e. The maximum absolute atomic E-state index is 13.6. The van der Waals surface area contributed by atoms with E-state index in [1.54, 1.807) is 6.33 Å². The second-order valence-electron chi connectivity index (χ2n) is 7.80. The van der Waals surface area contributed by atoms with Crippen LogP contribution in [0, 0.1) is 11.6 Å². The zero-order valence-electron chi connectivity index (χ0n) is 17.7. The zero-order chi connectivity index (χ0) is 22.8. The van der Waals surface area contributed by atoms with Gasteiger partial charge in [-0.2, -0.15) is 4.98 Å². The Morgan fingerprint density at radius 1 is 1.03 bits per heavy atom. The van der Waals surface area contributed by atoms with E-state index >= 15 is 0 Å². The molecule has 2 aromatic carbocycles. The van der Waals surface area contributed by atoms with Crippen LogP contribution >= 0.6 is 0 Å². The summed E-state index contributed by atoms with van der Waals surface area (Å²) in [7, 11) is 0. The number of nitrogens with one attached hydrogen (secondary N) is 1. The molecule has 4 aromatic rings. The Hall–Kier alpha value is -3.63. The average Bonchev–Trinajstić information content (AvgIpc) is 3.25. The first-order chi connectivity index (χ1) is 16.1. The molecular formula is C23H22F2N6O2. The highest BCUT2D eigenvalue weighted by molar-refractivity contribution is 5.74. The number of aromatic hydroxyl groups is 1. The lowest BCUT2D eigenvalue weighted by Gasteiger charge is -2.26. The summed E-state index contributed by atoms with van der Waals surface area (Å²) in [5, 5.41) is 12.0. The number of benzene rings is 2. The van der Waals surface area contributed by atoms with Gasteiger partial charge in [-0.05, 0) is 24.1 Å². The van der Waals surface area contributed by atoms with E-state index in [0.29, 0.717) is 11.2 Å². The molecule has 0 radical (unpaired) electrons. The van der Waals surface area contributed by atoms with Crippen LogP contribution in [0.1, 0.15) is 5.56 Å². The van der Waals surface area contributed by atoms with Crippen molar-refractivity contribution >= 4 is 22.8 Å². The first-order valence-corrected chi connectivity index (χ1v) is 10.6. The summed E-state index contributed by atoms with van der Waals surface area (Å²) in [4.78, 5) is 15.4. The molecule has 0 aliphatic carbocycles. The van der Waals surface area contributed by atoms with Crippen LogP contribution in [0.2, 0.25) is 0 Å². The van der Waals surface area contributed by atoms with Crippen molar-refractivity contribution in [2.45, 2.75) is 6.42 Å². The van der Waals surface area contributed by atoms with Gasteiger partial charge in [-0.25, -0.2) is 18.7 Å². The Morgan fingerprint density at radius 2 is 1.76 bits per heavy atom. The van der Waals surface area contributed by atoms with Crippen LogP contribution in [0.3, 0.4) is 0 Å². The third-order valence-electron chi connectivity index (χ3n) is 5.60. The van der Waals surface area contributed by atoms with E-state index in [2.05, 4.69) is 37.3 Å². The van der Waals surface area contributed by atoms with Gasteiger partial charge in [0.25, 0.3) is 0 Å². The molecule has 1 aliphatic heterocycles. The number of halogens is 2. The van der Waals surface area contributed by atoms with Crippen molar-refractivity contribution in [3.8, 4) is 11.4 Å². The number of hydrogen-bond acceptors (Lipinski definition) is 7. The van der Waals surface area contributed by atoms with Crippen LogP contribution in [0.4, 0.5) is 20.4 Å². The number of nitrogens with zero attached hydrogens (tertiary/aromatic N) is 5. The monoisotopic (exact) mass is 452 g/mol. The molecule has 0 bridgehead atoms. The largest absolute Gasteiger partial charge is 0.503 e. The lowest BCUT2D eigenvalue weighted by molar-refractivity contribution is 0.0384. The predicted molar refractivity (Wildman–Crippen MR) is 119 cm³/mol. The van der Waals surface area contributed by atoms with E-state index < -0.39 is 17.4 Å². The number of aromatic nitrogens is 4. The summed E-state index contributed by atoms with van der Waals surface area (Å²) in [6.45, 7) is 4.53. The topological polar surface area (TPSA) is 88.3 Å². The standard InChI is InChI=1S/C23H22F2N6O2/c24-18-11-16(12-19(25)21(18)32)28-23-26-13-20-22(29-23)31(14-27-20)17-3-1-15(2-4-17)5-6-30-7-9-33-10-8-30/h1-4,11-14,32H,5-10H2,(H,26,28,29). The highest BCUT2D eigenvalue weighted by atomic mass is 19.1. The van der Waals surface area contributed by atoms with E-state index in [4.69, 9.17) is 4.74 Å². The van der Waals surface area contributed by atoms with Gasteiger partial charge in [-0.1, -0.05) is 12.1 Å². The molecule has 0 unspecified atom stereocenters.